The second-order valence-corrected chi connectivity index (χ2v) is 3.66. The first-order valence-corrected chi connectivity index (χ1v) is 5.24. The van der Waals surface area contributed by atoms with Crippen LogP contribution in [0.4, 0.5) is 5.69 Å². The Morgan fingerprint density at radius 1 is 1.40 bits per heavy atom. The Kier molecular flexibility index (Phi) is 3.78. The van der Waals surface area contributed by atoms with E-state index in [1.165, 1.54) is 16.7 Å². The summed E-state index contributed by atoms with van der Waals surface area (Å²) < 4.78 is 0. The van der Waals surface area contributed by atoms with Gasteiger partial charge in [-0.05, 0) is 60.7 Å². The van der Waals surface area contributed by atoms with Crippen LogP contribution in [0.3, 0.4) is 0 Å². The van der Waals surface area contributed by atoms with Crippen LogP contribution in [0, 0.1) is 18.8 Å². The van der Waals surface area contributed by atoms with E-state index in [0.717, 1.165) is 12.0 Å². The molecule has 0 N–H and O–H groups in total. The third-order valence-electron chi connectivity index (χ3n) is 2.79. The van der Waals surface area contributed by atoms with Gasteiger partial charge in [-0.1, -0.05) is 19.1 Å². The SMILES string of the molecule is C/C=C(/CC)c1c(C)ccc(N=O)c1C. The molecule has 1 aromatic rings. The molecular weight excluding hydrogens is 186 g/mol. The Bertz CT molecular complexity index is 405. The molecule has 0 bridgehead atoms. The number of nitroso groups, excluding NO2 is 1. The van der Waals surface area contributed by atoms with Gasteiger partial charge in [-0.2, -0.15) is 0 Å². The molecule has 0 aliphatic carbocycles. The summed E-state index contributed by atoms with van der Waals surface area (Å²) in [6.07, 6.45) is 3.07. The molecule has 0 aliphatic heterocycles. The van der Waals surface area contributed by atoms with Gasteiger partial charge in [-0.25, -0.2) is 0 Å². The van der Waals surface area contributed by atoms with Crippen molar-refractivity contribution in [3.63, 3.8) is 0 Å². The summed E-state index contributed by atoms with van der Waals surface area (Å²) >= 11 is 0. The van der Waals surface area contributed by atoms with Gasteiger partial charge in [0.2, 0.25) is 0 Å². The van der Waals surface area contributed by atoms with E-state index in [4.69, 9.17) is 0 Å². The third-order valence-corrected chi connectivity index (χ3v) is 2.79. The molecule has 0 aliphatic rings. The maximum absolute atomic E-state index is 10.6. The normalized spacial score (nSPS) is 11.6. The molecule has 0 aromatic heterocycles. The highest BCUT2D eigenvalue weighted by atomic mass is 16.3. The van der Waals surface area contributed by atoms with E-state index < -0.39 is 0 Å². The lowest BCUT2D eigenvalue weighted by Crippen LogP contribution is -1.92. The highest BCUT2D eigenvalue weighted by Gasteiger charge is 2.10. The van der Waals surface area contributed by atoms with E-state index in [1.54, 1.807) is 6.07 Å². The van der Waals surface area contributed by atoms with Gasteiger partial charge in [0, 0.05) is 0 Å². The van der Waals surface area contributed by atoms with Crippen molar-refractivity contribution >= 4 is 11.3 Å². The molecule has 15 heavy (non-hydrogen) atoms. The lowest BCUT2D eigenvalue weighted by atomic mass is 9.93. The van der Waals surface area contributed by atoms with Crippen molar-refractivity contribution in [1.82, 2.24) is 0 Å². The molecule has 0 heterocycles. The first-order chi connectivity index (χ1) is 7.15. The highest BCUT2D eigenvalue weighted by Crippen LogP contribution is 2.31. The van der Waals surface area contributed by atoms with Gasteiger partial charge in [0.1, 0.15) is 5.69 Å². The van der Waals surface area contributed by atoms with Crippen LogP contribution in [0.5, 0.6) is 0 Å². The second-order valence-electron chi connectivity index (χ2n) is 3.66. The van der Waals surface area contributed by atoms with Gasteiger partial charge in [0.05, 0.1) is 0 Å². The van der Waals surface area contributed by atoms with Crippen LogP contribution in [-0.2, 0) is 0 Å². The fourth-order valence-corrected chi connectivity index (χ4v) is 1.95. The van der Waals surface area contributed by atoms with Crippen molar-refractivity contribution in [2.45, 2.75) is 34.1 Å². The van der Waals surface area contributed by atoms with Gasteiger partial charge < -0.3 is 0 Å². The molecule has 80 valence electrons. The van der Waals surface area contributed by atoms with E-state index in [-0.39, 0.29) is 0 Å². The Hall–Kier alpha value is -1.44. The number of hydrogen-bond donors (Lipinski definition) is 0. The molecule has 0 radical (unpaired) electrons. The molecule has 1 rings (SSSR count). The number of allylic oxidation sites excluding steroid dienone is 2. The molecular formula is C13H17NO. The zero-order chi connectivity index (χ0) is 11.4. The minimum atomic E-state index is 0.545. The summed E-state index contributed by atoms with van der Waals surface area (Å²) in [5.41, 5.74) is 5.19. The van der Waals surface area contributed by atoms with Crippen LogP contribution in [0.2, 0.25) is 0 Å². The maximum Gasteiger partial charge on any atom is 0.111 e. The van der Waals surface area contributed by atoms with Gasteiger partial charge in [0.15, 0.2) is 0 Å². The number of rotatable bonds is 3. The number of nitrogens with zero attached hydrogens (tertiary/aromatic N) is 1. The molecule has 1 aromatic carbocycles. The van der Waals surface area contributed by atoms with Crippen LogP contribution in [-0.4, -0.2) is 0 Å². The van der Waals surface area contributed by atoms with Crippen molar-refractivity contribution in [3.8, 4) is 0 Å². The minimum Gasteiger partial charge on any atom is -0.145 e. The van der Waals surface area contributed by atoms with Crippen molar-refractivity contribution in [3.05, 3.63) is 39.8 Å². The van der Waals surface area contributed by atoms with E-state index in [9.17, 15) is 4.91 Å². The van der Waals surface area contributed by atoms with Crippen LogP contribution in [0.15, 0.2) is 23.4 Å². The monoisotopic (exact) mass is 203 g/mol. The molecule has 0 saturated carbocycles. The van der Waals surface area contributed by atoms with Crippen molar-refractivity contribution in [1.29, 1.82) is 0 Å². The molecule has 2 nitrogen and oxygen atoms in total. The number of hydrogen-bond acceptors (Lipinski definition) is 2. The Labute approximate surface area is 91.0 Å². The number of aryl methyl sites for hydroxylation is 1. The predicted molar refractivity (Wildman–Crippen MR) is 65.3 cm³/mol. The average molecular weight is 203 g/mol. The van der Waals surface area contributed by atoms with Crippen LogP contribution in [0.1, 0.15) is 37.0 Å². The van der Waals surface area contributed by atoms with Crippen molar-refractivity contribution in [2.75, 3.05) is 0 Å². The van der Waals surface area contributed by atoms with E-state index in [1.807, 2.05) is 19.9 Å². The summed E-state index contributed by atoms with van der Waals surface area (Å²) in [6, 6.07) is 3.74. The predicted octanol–water partition coefficient (Wildman–Crippen LogP) is 4.51. The van der Waals surface area contributed by atoms with Crippen LogP contribution >= 0.6 is 0 Å². The molecule has 0 unspecified atom stereocenters. The maximum atomic E-state index is 10.6. The fourth-order valence-electron chi connectivity index (χ4n) is 1.95. The molecule has 0 spiro atoms. The first kappa shape index (κ1) is 11.6. The summed E-state index contributed by atoms with van der Waals surface area (Å²) in [4.78, 5) is 10.6. The summed E-state index contributed by atoms with van der Waals surface area (Å²) in [6.45, 7) is 8.17. The zero-order valence-corrected chi connectivity index (χ0v) is 9.79. The standard InChI is InChI=1S/C13H17NO/c1-5-11(6-2)13-9(3)7-8-12(14-15)10(13)4/h5,7-8H,6H2,1-4H3/b11-5-. The molecule has 2 heteroatoms. The zero-order valence-electron chi connectivity index (χ0n) is 9.79. The van der Waals surface area contributed by atoms with E-state index in [2.05, 4.69) is 25.1 Å². The Balaban J connectivity index is 3.45. The van der Waals surface area contributed by atoms with Gasteiger partial charge in [-0.15, -0.1) is 4.91 Å². The van der Waals surface area contributed by atoms with E-state index >= 15 is 0 Å². The Morgan fingerprint density at radius 3 is 2.53 bits per heavy atom. The topological polar surface area (TPSA) is 29.4 Å². The van der Waals surface area contributed by atoms with Crippen molar-refractivity contribution < 1.29 is 0 Å². The second kappa shape index (κ2) is 4.87. The molecule has 0 fully saturated rings. The Morgan fingerprint density at radius 2 is 2.07 bits per heavy atom. The number of benzene rings is 1. The third kappa shape index (κ3) is 2.14. The minimum absolute atomic E-state index is 0.545. The highest BCUT2D eigenvalue weighted by molar-refractivity contribution is 5.74. The summed E-state index contributed by atoms with van der Waals surface area (Å²) in [5.74, 6) is 0. The van der Waals surface area contributed by atoms with E-state index in [0.29, 0.717) is 5.69 Å². The fraction of sp³-hybridized carbons (Fsp3) is 0.385. The molecule has 0 amide bonds. The van der Waals surface area contributed by atoms with Crippen LogP contribution in [0.25, 0.3) is 5.57 Å². The lowest BCUT2D eigenvalue weighted by molar-refractivity contribution is 1.19. The first-order valence-electron chi connectivity index (χ1n) is 5.24. The summed E-state index contributed by atoms with van der Waals surface area (Å²) in [7, 11) is 0. The quantitative estimate of drug-likeness (QED) is 0.664. The van der Waals surface area contributed by atoms with Crippen molar-refractivity contribution in [2.24, 2.45) is 5.18 Å². The molecule has 0 saturated heterocycles. The lowest BCUT2D eigenvalue weighted by Gasteiger charge is -2.13. The largest absolute Gasteiger partial charge is 0.145 e. The van der Waals surface area contributed by atoms with Gasteiger partial charge >= 0.3 is 0 Å². The molecule has 0 atom stereocenters. The average Bonchev–Trinajstić information content (AvgIpc) is 2.24. The van der Waals surface area contributed by atoms with Crippen LogP contribution < -0.4 is 0 Å². The van der Waals surface area contributed by atoms with Gasteiger partial charge in [0.25, 0.3) is 0 Å². The smallest absolute Gasteiger partial charge is 0.111 e. The summed E-state index contributed by atoms with van der Waals surface area (Å²) in [5, 5.41) is 3.05. The van der Waals surface area contributed by atoms with Gasteiger partial charge in [-0.3, -0.25) is 0 Å².